The number of methoxy groups -OCH3 is 1. The van der Waals surface area contributed by atoms with Crippen molar-refractivity contribution < 1.29 is 14.6 Å². The van der Waals surface area contributed by atoms with Gasteiger partial charge >= 0.3 is 5.97 Å². The summed E-state index contributed by atoms with van der Waals surface area (Å²) in [5, 5.41) is 9.45. The van der Waals surface area contributed by atoms with Crippen LogP contribution in [0.5, 0.6) is 0 Å². The molecule has 0 amide bonds. The molecule has 1 atom stereocenters. The number of ether oxygens (including phenoxy) is 1. The zero-order chi connectivity index (χ0) is 13.7. The van der Waals surface area contributed by atoms with E-state index < -0.39 is 5.97 Å². The van der Waals surface area contributed by atoms with E-state index in [1.54, 1.807) is 7.11 Å². The number of carboxylic acids is 1. The molecule has 1 aromatic rings. The standard InChI is InChI=1S/C12H17ClN2O3/c1-4-15(8(2)7-18-3)11-9(12(16)17)5-6-10(13)14-11/h5-6,8H,4,7H2,1-3H3,(H,16,17). The summed E-state index contributed by atoms with van der Waals surface area (Å²) >= 11 is 5.84. The van der Waals surface area contributed by atoms with Crippen molar-refractivity contribution in [2.24, 2.45) is 0 Å². The van der Waals surface area contributed by atoms with Gasteiger partial charge in [-0.2, -0.15) is 0 Å². The minimum Gasteiger partial charge on any atom is -0.478 e. The maximum atomic E-state index is 11.2. The molecule has 6 heteroatoms. The summed E-state index contributed by atoms with van der Waals surface area (Å²) in [4.78, 5) is 17.2. The number of hydrogen-bond donors (Lipinski definition) is 1. The largest absolute Gasteiger partial charge is 0.478 e. The number of nitrogens with zero attached hydrogens (tertiary/aromatic N) is 2. The average Bonchev–Trinajstić information content (AvgIpc) is 2.30. The SMILES string of the molecule is CCN(c1nc(Cl)ccc1C(=O)O)C(C)COC. The zero-order valence-corrected chi connectivity index (χ0v) is 11.4. The molecule has 0 saturated carbocycles. The summed E-state index contributed by atoms with van der Waals surface area (Å²) in [6.07, 6.45) is 0. The number of carbonyl (C=O) groups is 1. The fourth-order valence-corrected chi connectivity index (χ4v) is 1.96. The number of hydrogen-bond acceptors (Lipinski definition) is 4. The van der Waals surface area contributed by atoms with Crippen molar-refractivity contribution in [1.82, 2.24) is 4.98 Å². The van der Waals surface area contributed by atoms with Crippen LogP contribution in [0.3, 0.4) is 0 Å². The third-order valence-corrected chi connectivity index (χ3v) is 2.83. The Hall–Kier alpha value is -1.33. The molecule has 1 heterocycles. The molecular formula is C12H17ClN2O3. The molecule has 1 aromatic heterocycles. The lowest BCUT2D eigenvalue weighted by molar-refractivity contribution is 0.0697. The minimum absolute atomic E-state index is 0.0177. The Labute approximate surface area is 111 Å². The summed E-state index contributed by atoms with van der Waals surface area (Å²) in [5.74, 6) is -0.640. The second-order valence-electron chi connectivity index (χ2n) is 3.90. The van der Waals surface area contributed by atoms with Crippen LogP contribution in [0.4, 0.5) is 5.82 Å². The van der Waals surface area contributed by atoms with E-state index in [2.05, 4.69) is 4.98 Å². The number of anilines is 1. The van der Waals surface area contributed by atoms with Gasteiger partial charge in [0.25, 0.3) is 0 Å². The van der Waals surface area contributed by atoms with Gasteiger partial charge in [0.05, 0.1) is 12.6 Å². The zero-order valence-electron chi connectivity index (χ0n) is 10.7. The van der Waals surface area contributed by atoms with E-state index >= 15 is 0 Å². The first-order valence-corrected chi connectivity index (χ1v) is 6.04. The molecule has 0 fully saturated rings. The summed E-state index contributed by atoms with van der Waals surface area (Å²) in [6.45, 7) is 4.99. The molecule has 0 saturated heterocycles. The number of carboxylic acid groups (broad SMARTS) is 1. The molecule has 0 aromatic carbocycles. The molecule has 0 radical (unpaired) electrons. The number of pyridine rings is 1. The van der Waals surface area contributed by atoms with E-state index in [1.807, 2.05) is 18.7 Å². The summed E-state index contributed by atoms with van der Waals surface area (Å²) in [5.41, 5.74) is 0.143. The number of likely N-dealkylation sites (N-methyl/N-ethyl adjacent to an activating group) is 1. The van der Waals surface area contributed by atoms with Crippen molar-refractivity contribution in [3.05, 3.63) is 22.8 Å². The summed E-state index contributed by atoms with van der Waals surface area (Å²) in [6, 6.07) is 2.96. The molecule has 1 N–H and O–H groups in total. The lowest BCUT2D eigenvalue weighted by atomic mass is 10.2. The van der Waals surface area contributed by atoms with Crippen LogP contribution in [0, 0.1) is 0 Å². The molecule has 0 aliphatic carbocycles. The Bertz CT molecular complexity index is 426. The van der Waals surface area contributed by atoms with Crippen LogP contribution < -0.4 is 4.90 Å². The van der Waals surface area contributed by atoms with Crippen molar-refractivity contribution in [3.8, 4) is 0 Å². The molecule has 5 nitrogen and oxygen atoms in total. The van der Waals surface area contributed by atoms with Gasteiger partial charge in [0.15, 0.2) is 0 Å². The Morgan fingerprint density at radius 2 is 2.28 bits per heavy atom. The van der Waals surface area contributed by atoms with Gasteiger partial charge < -0.3 is 14.7 Å². The van der Waals surface area contributed by atoms with Crippen LogP contribution in [0.2, 0.25) is 5.15 Å². The van der Waals surface area contributed by atoms with Crippen LogP contribution in [0.1, 0.15) is 24.2 Å². The van der Waals surface area contributed by atoms with Crippen LogP contribution in [-0.4, -0.2) is 42.4 Å². The Kier molecular flexibility index (Phi) is 5.37. The third kappa shape index (κ3) is 3.34. The Morgan fingerprint density at radius 3 is 2.78 bits per heavy atom. The number of halogens is 1. The normalized spacial score (nSPS) is 12.2. The van der Waals surface area contributed by atoms with Crippen LogP contribution in [-0.2, 0) is 4.74 Å². The van der Waals surface area contributed by atoms with E-state index in [0.29, 0.717) is 19.0 Å². The van der Waals surface area contributed by atoms with Gasteiger partial charge in [-0.05, 0) is 26.0 Å². The molecule has 100 valence electrons. The van der Waals surface area contributed by atoms with Crippen LogP contribution in [0.15, 0.2) is 12.1 Å². The molecule has 0 aliphatic heterocycles. The van der Waals surface area contributed by atoms with Gasteiger partial charge in [0, 0.05) is 13.7 Å². The molecule has 1 unspecified atom stereocenters. The molecule has 0 spiro atoms. The third-order valence-electron chi connectivity index (χ3n) is 2.62. The maximum absolute atomic E-state index is 11.2. The highest BCUT2D eigenvalue weighted by Crippen LogP contribution is 2.22. The second-order valence-corrected chi connectivity index (χ2v) is 4.29. The first-order chi connectivity index (χ1) is 8.51. The summed E-state index contributed by atoms with van der Waals surface area (Å²) < 4.78 is 5.09. The van der Waals surface area contributed by atoms with E-state index in [0.717, 1.165) is 0 Å². The van der Waals surface area contributed by atoms with E-state index in [1.165, 1.54) is 12.1 Å². The lowest BCUT2D eigenvalue weighted by Crippen LogP contribution is -2.37. The highest BCUT2D eigenvalue weighted by Gasteiger charge is 2.21. The first-order valence-electron chi connectivity index (χ1n) is 5.66. The molecule has 0 aliphatic rings. The van der Waals surface area contributed by atoms with Crippen molar-refractivity contribution in [2.75, 3.05) is 25.2 Å². The lowest BCUT2D eigenvalue weighted by Gasteiger charge is -2.29. The van der Waals surface area contributed by atoms with Crippen LogP contribution in [0.25, 0.3) is 0 Å². The predicted molar refractivity (Wildman–Crippen MR) is 70.6 cm³/mol. The smallest absolute Gasteiger partial charge is 0.339 e. The molecular weight excluding hydrogens is 256 g/mol. The predicted octanol–water partition coefficient (Wildman–Crippen LogP) is 2.29. The van der Waals surface area contributed by atoms with Gasteiger partial charge in [-0.15, -0.1) is 0 Å². The molecule has 18 heavy (non-hydrogen) atoms. The monoisotopic (exact) mass is 272 g/mol. The van der Waals surface area contributed by atoms with Crippen molar-refractivity contribution >= 4 is 23.4 Å². The molecule has 0 bridgehead atoms. The average molecular weight is 273 g/mol. The van der Waals surface area contributed by atoms with Crippen LogP contribution >= 0.6 is 11.6 Å². The van der Waals surface area contributed by atoms with E-state index in [4.69, 9.17) is 16.3 Å². The quantitative estimate of drug-likeness (QED) is 0.805. The fourth-order valence-electron chi connectivity index (χ4n) is 1.81. The van der Waals surface area contributed by atoms with E-state index in [-0.39, 0.29) is 16.8 Å². The number of rotatable bonds is 6. The van der Waals surface area contributed by atoms with Crippen molar-refractivity contribution in [1.29, 1.82) is 0 Å². The fraction of sp³-hybridized carbons (Fsp3) is 0.500. The highest BCUT2D eigenvalue weighted by atomic mass is 35.5. The minimum atomic E-state index is -1.02. The van der Waals surface area contributed by atoms with Crippen molar-refractivity contribution in [3.63, 3.8) is 0 Å². The van der Waals surface area contributed by atoms with Gasteiger partial charge in [0.2, 0.25) is 0 Å². The molecule has 1 rings (SSSR count). The number of aromatic carboxylic acids is 1. The topological polar surface area (TPSA) is 62.7 Å². The first kappa shape index (κ1) is 14.7. The Morgan fingerprint density at radius 1 is 1.61 bits per heavy atom. The van der Waals surface area contributed by atoms with Gasteiger partial charge in [0.1, 0.15) is 16.5 Å². The number of aromatic nitrogens is 1. The van der Waals surface area contributed by atoms with E-state index in [9.17, 15) is 9.90 Å². The van der Waals surface area contributed by atoms with Crippen molar-refractivity contribution in [2.45, 2.75) is 19.9 Å². The van der Waals surface area contributed by atoms with Gasteiger partial charge in [-0.1, -0.05) is 11.6 Å². The second kappa shape index (κ2) is 6.56. The highest BCUT2D eigenvalue weighted by molar-refractivity contribution is 6.29. The Balaban J connectivity index is 3.18. The van der Waals surface area contributed by atoms with Gasteiger partial charge in [-0.3, -0.25) is 0 Å². The van der Waals surface area contributed by atoms with Gasteiger partial charge in [-0.25, -0.2) is 9.78 Å². The maximum Gasteiger partial charge on any atom is 0.339 e. The summed E-state index contributed by atoms with van der Waals surface area (Å²) in [7, 11) is 1.61.